The summed E-state index contributed by atoms with van der Waals surface area (Å²) in [4.78, 5) is 0. The maximum absolute atomic E-state index is 9.61. The summed E-state index contributed by atoms with van der Waals surface area (Å²) in [6.45, 7) is 2.59. The molecule has 1 rings (SSSR count). The third kappa shape index (κ3) is 3.90. The van der Waals surface area contributed by atoms with Crippen molar-refractivity contribution in [1.82, 2.24) is 0 Å². The fourth-order valence-corrected chi connectivity index (χ4v) is 1.55. The van der Waals surface area contributed by atoms with E-state index in [1.54, 1.807) is 13.2 Å². The first-order chi connectivity index (χ1) is 7.13. The lowest BCUT2D eigenvalue weighted by Crippen LogP contribution is -2.17. The van der Waals surface area contributed by atoms with Gasteiger partial charge in [-0.15, -0.1) is 0 Å². The molecule has 0 unspecified atom stereocenters. The molecule has 3 N–H and O–H groups in total. The van der Waals surface area contributed by atoms with Crippen LogP contribution in [0.15, 0.2) is 18.2 Å². The average Bonchev–Trinajstić information content (AvgIpc) is 2.18. The van der Waals surface area contributed by atoms with E-state index in [0.29, 0.717) is 12.4 Å². The van der Waals surface area contributed by atoms with Crippen molar-refractivity contribution in [1.29, 1.82) is 0 Å². The molecule has 3 heteroatoms. The molecule has 0 aliphatic heterocycles. The summed E-state index contributed by atoms with van der Waals surface area (Å²) < 4.78 is 4.99. The molecule has 3 nitrogen and oxygen atoms in total. The third-order valence-corrected chi connectivity index (χ3v) is 2.28. The van der Waals surface area contributed by atoms with Crippen molar-refractivity contribution in [2.45, 2.75) is 25.8 Å². The Hall–Kier alpha value is -1.06. The van der Waals surface area contributed by atoms with Gasteiger partial charge in [0.25, 0.3) is 0 Å². The van der Waals surface area contributed by atoms with E-state index in [0.717, 1.165) is 24.0 Å². The molecule has 84 valence electrons. The molecule has 1 atom stereocenters. The number of nitrogens with two attached hydrogens (primary N) is 1. The first kappa shape index (κ1) is 12.0. The van der Waals surface area contributed by atoms with Crippen LogP contribution >= 0.6 is 0 Å². The van der Waals surface area contributed by atoms with E-state index in [9.17, 15) is 5.11 Å². The summed E-state index contributed by atoms with van der Waals surface area (Å²) in [6.07, 6.45) is 1.56. The zero-order valence-corrected chi connectivity index (χ0v) is 9.36. The standard InChI is InChI=1S/C12H19NO2/c1-9(13)7-10-3-4-12(14)11(8-10)5-6-15-2/h3-4,8-9,14H,5-7,13H2,1-2H3/t9-/m1/s1. The van der Waals surface area contributed by atoms with E-state index in [4.69, 9.17) is 10.5 Å². The van der Waals surface area contributed by atoms with Gasteiger partial charge in [-0.3, -0.25) is 0 Å². The van der Waals surface area contributed by atoms with Crippen molar-refractivity contribution in [3.05, 3.63) is 29.3 Å². The highest BCUT2D eigenvalue weighted by atomic mass is 16.5. The second-order valence-electron chi connectivity index (χ2n) is 3.89. The van der Waals surface area contributed by atoms with E-state index in [-0.39, 0.29) is 6.04 Å². The van der Waals surface area contributed by atoms with Crippen molar-refractivity contribution in [3.63, 3.8) is 0 Å². The van der Waals surface area contributed by atoms with E-state index < -0.39 is 0 Å². The van der Waals surface area contributed by atoms with Crippen molar-refractivity contribution in [3.8, 4) is 5.75 Å². The Morgan fingerprint density at radius 1 is 1.47 bits per heavy atom. The number of phenols is 1. The van der Waals surface area contributed by atoms with Gasteiger partial charge in [-0.1, -0.05) is 12.1 Å². The molecule has 1 aromatic carbocycles. The number of aromatic hydroxyl groups is 1. The van der Waals surface area contributed by atoms with Gasteiger partial charge in [0.15, 0.2) is 0 Å². The fraction of sp³-hybridized carbons (Fsp3) is 0.500. The zero-order valence-electron chi connectivity index (χ0n) is 9.36. The molecular formula is C12H19NO2. The van der Waals surface area contributed by atoms with Gasteiger partial charge in [-0.25, -0.2) is 0 Å². The topological polar surface area (TPSA) is 55.5 Å². The molecule has 0 heterocycles. The minimum Gasteiger partial charge on any atom is -0.508 e. The normalized spacial score (nSPS) is 12.7. The lowest BCUT2D eigenvalue weighted by atomic mass is 10.0. The maximum atomic E-state index is 9.61. The fourth-order valence-electron chi connectivity index (χ4n) is 1.55. The van der Waals surface area contributed by atoms with Crippen LogP contribution < -0.4 is 5.73 Å². The Morgan fingerprint density at radius 2 is 2.20 bits per heavy atom. The van der Waals surface area contributed by atoms with E-state index in [1.807, 2.05) is 19.1 Å². The molecule has 0 amide bonds. The lowest BCUT2D eigenvalue weighted by Gasteiger charge is -2.09. The van der Waals surface area contributed by atoms with Gasteiger partial charge < -0.3 is 15.6 Å². The van der Waals surface area contributed by atoms with Crippen molar-refractivity contribution < 1.29 is 9.84 Å². The van der Waals surface area contributed by atoms with Gasteiger partial charge >= 0.3 is 0 Å². The molecule has 0 aliphatic rings. The number of methoxy groups -OCH3 is 1. The highest BCUT2D eigenvalue weighted by Gasteiger charge is 2.04. The number of benzene rings is 1. The maximum Gasteiger partial charge on any atom is 0.118 e. The second kappa shape index (κ2) is 5.73. The number of hydrogen-bond donors (Lipinski definition) is 2. The van der Waals surface area contributed by atoms with Crippen LogP contribution in [0.5, 0.6) is 5.75 Å². The molecule has 0 fully saturated rings. The predicted octanol–water partition coefficient (Wildman–Crippen LogP) is 1.47. The minimum absolute atomic E-state index is 0.143. The Labute approximate surface area is 90.9 Å². The summed E-state index contributed by atoms with van der Waals surface area (Å²) in [5.74, 6) is 0.334. The minimum atomic E-state index is 0.143. The molecule has 0 aliphatic carbocycles. The molecule has 0 spiro atoms. The first-order valence-corrected chi connectivity index (χ1v) is 5.18. The number of phenolic OH excluding ortho intramolecular Hbond substituents is 1. The lowest BCUT2D eigenvalue weighted by molar-refractivity contribution is 0.201. The number of ether oxygens (including phenoxy) is 1. The van der Waals surface area contributed by atoms with Crippen molar-refractivity contribution >= 4 is 0 Å². The van der Waals surface area contributed by atoms with Crippen molar-refractivity contribution in [2.75, 3.05) is 13.7 Å². The molecule has 15 heavy (non-hydrogen) atoms. The summed E-state index contributed by atoms with van der Waals surface area (Å²) in [7, 11) is 1.66. The number of hydrogen-bond acceptors (Lipinski definition) is 3. The SMILES string of the molecule is COCCc1cc(C[C@@H](C)N)ccc1O. The van der Waals surface area contributed by atoms with Gasteiger partial charge in [-0.05, 0) is 37.0 Å². The van der Waals surface area contributed by atoms with Crippen LogP contribution in [-0.4, -0.2) is 24.9 Å². The van der Waals surface area contributed by atoms with Crippen LogP contribution in [0, 0.1) is 0 Å². The van der Waals surface area contributed by atoms with Crippen LogP contribution in [0.25, 0.3) is 0 Å². The predicted molar refractivity (Wildman–Crippen MR) is 61.0 cm³/mol. The largest absolute Gasteiger partial charge is 0.508 e. The van der Waals surface area contributed by atoms with Gasteiger partial charge in [0.2, 0.25) is 0 Å². The van der Waals surface area contributed by atoms with E-state index in [1.165, 1.54) is 0 Å². The molecule has 0 aromatic heterocycles. The Balaban J connectivity index is 2.75. The Bertz CT molecular complexity index is 310. The van der Waals surface area contributed by atoms with Gasteiger partial charge in [0.05, 0.1) is 6.61 Å². The van der Waals surface area contributed by atoms with E-state index >= 15 is 0 Å². The van der Waals surface area contributed by atoms with Crippen LogP contribution in [-0.2, 0) is 17.6 Å². The highest BCUT2D eigenvalue weighted by molar-refractivity contribution is 5.36. The van der Waals surface area contributed by atoms with Crippen LogP contribution in [0.3, 0.4) is 0 Å². The quantitative estimate of drug-likeness (QED) is 0.772. The number of rotatable bonds is 5. The van der Waals surface area contributed by atoms with E-state index in [2.05, 4.69) is 0 Å². The zero-order chi connectivity index (χ0) is 11.3. The molecule has 0 saturated carbocycles. The summed E-state index contributed by atoms with van der Waals surface area (Å²) in [5.41, 5.74) is 7.81. The molecule has 1 aromatic rings. The van der Waals surface area contributed by atoms with Crippen LogP contribution in [0.1, 0.15) is 18.1 Å². The van der Waals surface area contributed by atoms with Crippen LogP contribution in [0.4, 0.5) is 0 Å². The van der Waals surface area contributed by atoms with Gasteiger partial charge in [-0.2, -0.15) is 0 Å². The Morgan fingerprint density at radius 3 is 2.80 bits per heavy atom. The third-order valence-electron chi connectivity index (χ3n) is 2.28. The summed E-state index contributed by atoms with van der Waals surface area (Å²) in [5, 5.41) is 9.61. The first-order valence-electron chi connectivity index (χ1n) is 5.18. The summed E-state index contributed by atoms with van der Waals surface area (Å²) in [6, 6.07) is 5.78. The van der Waals surface area contributed by atoms with Crippen molar-refractivity contribution in [2.24, 2.45) is 5.73 Å². The Kier molecular flexibility index (Phi) is 4.59. The highest BCUT2D eigenvalue weighted by Crippen LogP contribution is 2.19. The second-order valence-corrected chi connectivity index (χ2v) is 3.89. The summed E-state index contributed by atoms with van der Waals surface area (Å²) >= 11 is 0. The van der Waals surface area contributed by atoms with Gasteiger partial charge in [0, 0.05) is 13.2 Å². The monoisotopic (exact) mass is 209 g/mol. The smallest absolute Gasteiger partial charge is 0.118 e. The average molecular weight is 209 g/mol. The van der Waals surface area contributed by atoms with Crippen LogP contribution in [0.2, 0.25) is 0 Å². The van der Waals surface area contributed by atoms with Gasteiger partial charge in [0.1, 0.15) is 5.75 Å². The molecule has 0 saturated heterocycles. The molecule has 0 bridgehead atoms. The molecule has 0 radical (unpaired) electrons. The molecular weight excluding hydrogens is 190 g/mol.